The number of hydrogen-bond donors (Lipinski definition) is 2. The first-order valence-electron chi connectivity index (χ1n) is 8.47. The van der Waals surface area contributed by atoms with Crippen LogP contribution in [0.3, 0.4) is 0 Å². The number of H-pyrrole nitrogens is 1. The van der Waals surface area contributed by atoms with Gasteiger partial charge in [0.1, 0.15) is 0 Å². The second-order valence-corrected chi connectivity index (χ2v) is 6.05. The molecule has 0 spiro atoms. The number of unbranched alkanes of at least 4 members (excludes halogenated alkanes) is 1. The molecule has 1 fully saturated rings. The number of nitrogens with one attached hydrogen (secondary N) is 2. The molecule has 1 aromatic carbocycles. The van der Waals surface area contributed by atoms with Crippen molar-refractivity contribution in [2.75, 3.05) is 23.3 Å². The molecule has 23 heavy (non-hydrogen) atoms. The quantitative estimate of drug-likeness (QED) is 0.857. The summed E-state index contributed by atoms with van der Waals surface area (Å²) >= 11 is 0. The van der Waals surface area contributed by atoms with E-state index < -0.39 is 0 Å². The molecule has 0 unspecified atom stereocenters. The average Bonchev–Trinajstić information content (AvgIpc) is 3.07. The van der Waals surface area contributed by atoms with Gasteiger partial charge in [-0.3, -0.25) is 9.78 Å². The van der Waals surface area contributed by atoms with Crippen LogP contribution in [0.5, 0.6) is 0 Å². The van der Waals surface area contributed by atoms with Crippen molar-refractivity contribution in [3.8, 4) is 0 Å². The molecule has 2 heterocycles. The van der Waals surface area contributed by atoms with Crippen molar-refractivity contribution in [3.63, 3.8) is 0 Å². The van der Waals surface area contributed by atoms with Crippen LogP contribution in [0.2, 0.25) is 0 Å². The van der Waals surface area contributed by atoms with Crippen LogP contribution in [0.15, 0.2) is 35.1 Å². The average molecular weight is 312 g/mol. The summed E-state index contributed by atoms with van der Waals surface area (Å²) in [6.45, 7) is 4.41. The molecule has 2 N–H and O–H groups in total. The minimum absolute atomic E-state index is 0.109. The number of hydrogen-bond acceptors (Lipinski definition) is 4. The molecule has 2 aromatic rings. The highest BCUT2D eigenvalue weighted by molar-refractivity contribution is 5.59. The predicted octanol–water partition coefficient (Wildman–Crippen LogP) is 3.46. The van der Waals surface area contributed by atoms with Gasteiger partial charge in [-0.2, -0.15) is 0 Å². The summed E-state index contributed by atoms with van der Waals surface area (Å²) in [6, 6.07) is 9.88. The number of aryl methyl sites for hydroxylation is 1. The fourth-order valence-corrected chi connectivity index (χ4v) is 2.92. The summed E-state index contributed by atoms with van der Waals surface area (Å²) in [5, 5.41) is 3.19. The lowest BCUT2D eigenvalue weighted by atomic mass is 10.2. The van der Waals surface area contributed by atoms with E-state index >= 15 is 0 Å². The van der Waals surface area contributed by atoms with E-state index in [9.17, 15) is 4.79 Å². The summed E-state index contributed by atoms with van der Waals surface area (Å²) in [6.07, 6.45) is 5.52. The highest BCUT2D eigenvalue weighted by atomic mass is 16.1. The van der Waals surface area contributed by atoms with E-state index in [1.807, 2.05) is 12.1 Å². The molecule has 0 bridgehead atoms. The summed E-state index contributed by atoms with van der Waals surface area (Å²) < 4.78 is 0. The van der Waals surface area contributed by atoms with Crippen LogP contribution in [-0.4, -0.2) is 23.1 Å². The minimum atomic E-state index is -0.109. The maximum atomic E-state index is 11.8. The maximum absolute atomic E-state index is 11.8. The molecule has 5 heteroatoms. The Balaban J connectivity index is 1.71. The molecule has 1 saturated heterocycles. The van der Waals surface area contributed by atoms with Gasteiger partial charge in [0.2, 0.25) is 5.95 Å². The van der Waals surface area contributed by atoms with Crippen LogP contribution in [-0.2, 0) is 6.42 Å². The van der Waals surface area contributed by atoms with Gasteiger partial charge in [-0.05, 0) is 49.9 Å². The Labute approximate surface area is 136 Å². The van der Waals surface area contributed by atoms with Gasteiger partial charge in [0.05, 0.1) is 0 Å². The van der Waals surface area contributed by atoms with E-state index in [1.165, 1.54) is 18.5 Å². The Bertz CT molecular complexity index is 687. The minimum Gasteiger partial charge on any atom is -0.372 e. The molecule has 1 aliphatic heterocycles. The van der Waals surface area contributed by atoms with Gasteiger partial charge >= 0.3 is 0 Å². The van der Waals surface area contributed by atoms with Crippen molar-refractivity contribution in [2.45, 2.75) is 39.0 Å². The molecule has 0 aliphatic carbocycles. The lowest BCUT2D eigenvalue weighted by Crippen LogP contribution is -2.17. The first kappa shape index (κ1) is 15.6. The van der Waals surface area contributed by atoms with Gasteiger partial charge in [0, 0.05) is 36.2 Å². The lowest BCUT2D eigenvalue weighted by Gasteiger charge is -2.17. The van der Waals surface area contributed by atoms with Crippen molar-refractivity contribution >= 4 is 17.3 Å². The van der Waals surface area contributed by atoms with Gasteiger partial charge in [-0.25, -0.2) is 4.98 Å². The van der Waals surface area contributed by atoms with Crippen LogP contribution in [0.25, 0.3) is 0 Å². The Morgan fingerprint density at radius 1 is 1.22 bits per heavy atom. The number of anilines is 3. The normalized spacial score (nSPS) is 14.2. The fraction of sp³-hybridized carbons (Fsp3) is 0.444. The summed E-state index contributed by atoms with van der Waals surface area (Å²) in [7, 11) is 0. The van der Waals surface area contributed by atoms with Gasteiger partial charge in [-0.1, -0.05) is 13.3 Å². The zero-order chi connectivity index (χ0) is 16.1. The number of benzene rings is 1. The molecule has 1 aromatic heterocycles. The Kier molecular flexibility index (Phi) is 4.95. The molecule has 3 rings (SSSR count). The molecule has 0 radical (unpaired) electrons. The molecule has 0 atom stereocenters. The summed E-state index contributed by atoms with van der Waals surface area (Å²) in [5.41, 5.74) is 2.92. The predicted molar refractivity (Wildman–Crippen MR) is 94.6 cm³/mol. The molecule has 0 amide bonds. The molecule has 0 saturated carbocycles. The lowest BCUT2D eigenvalue weighted by molar-refractivity contribution is 0.772. The number of rotatable bonds is 6. The molecular formula is C18H24N4O. The largest absolute Gasteiger partial charge is 0.372 e. The van der Waals surface area contributed by atoms with Gasteiger partial charge in [0.15, 0.2) is 0 Å². The molecular weight excluding hydrogens is 288 g/mol. The third-order valence-corrected chi connectivity index (χ3v) is 4.18. The van der Waals surface area contributed by atoms with Crippen molar-refractivity contribution in [1.29, 1.82) is 0 Å². The second-order valence-electron chi connectivity index (χ2n) is 6.05. The van der Waals surface area contributed by atoms with E-state index in [4.69, 9.17) is 0 Å². The summed E-state index contributed by atoms with van der Waals surface area (Å²) in [5.74, 6) is 0.512. The van der Waals surface area contributed by atoms with E-state index in [2.05, 4.69) is 39.2 Å². The zero-order valence-corrected chi connectivity index (χ0v) is 13.6. The number of nitrogens with zero attached hydrogens (tertiary/aromatic N) is 2. The highest BCUT2D eigenvalue weighted by Crippen LogP contribution is 2.23. The Morgan fingerprint density at radius 3 is 2.65 bits per heavy atom. The van der Waals surface area contributed by atoms with Crippen LogP contribution in [0.1, 0.15) is 38.3 Å². The van der Waals surface area contributed by atoms with Crippen LogP contribution >= 0.6 is 0 Å². The van der Waals surface area contributed by atoms with Crippen molar-refractivity contribution in [3.05, 3.63) is 46.4 Å². The molecule has 122 valence electrons. The molecule has 5 nitrogen and oxygen atoms in total. The maximum Gasteiger partial charge on any atom is 0.252 e. The first-order chi connectivity index (χ1) is 11.2. The van der Waals surface area contributed by atoms with E-state index in [-0.39, 0.29) is 5.56 Å². The van der Waals surface area contributed by atoms with Crippen LogP contribution in [0, 0.1) is 0 Å². The third-order valence-electron chi connectivity index (χ3n) is 4.18. The second kappa shape index (κ2) is 7.31. The smallest absolute Gasteiger partial charge is 0.252 e. The SMILES string of the molecule is CCCCc1cc(=O)[nH]c(Nc2ccc(N3CCCC3)cc2)n1. The highest BCUT2D eigenvalue weighted by Gasteiger charge is 2.11. The van der Waals surface area contributed by atoms with Crippen LogP contribution < -0.4 is 15.8 Å². The Morgan fingerprint density at radius 2 is 1.96 bits per heavy atom. The van der Waals surface area contributed by atoms with Crippen LogP contribution in [0.4, 0.5) is 17.3 Å². The first-order valence-corrected chi connectivity index (χ1v) is 8.47. The topological polar surface area (TPSA) is 61.0 Å². The van der Waals surface area contributed by atoms with E-state index in [0.29, 0.717) is 5.95 Å². The van der Waals surface area contributed by atoms with Gasteiger partial charge < -0.3 is 10.2 Å². The van der Waals surface area contributed by atoms with E-state index in [1.54, 1.807) is 6.07 Å². The van der Waals surface area contributed by atoms with Crippen molar-refractivity contribution in [2.24, 2.45) is 0 Å². The third kappa shape index (κ3) is 4.12. The monoisotopic (exact) mass is 312 g/mol. The Hall–Kier alpha value is -2.30. The fourth-order valence-electron chi connectivity index (χ4n) is 2.92. The molecule has 1 aliphatic rings. The van der Waals surface area contributed by atoms with Gasteiger partial charge in [0.25, 0.3) is 5.56 Å². The zero-order valence-electron chi connectivity index (χ0n) is 13.6. The van der Waals surface area contributed by atoms with Crippen molar-refractivity contribution < 1.29 is 0 Å². The van der Waals surface area contributed by atoms with E-state index in [0.717, 1.165) is 43.7 Å². The summed E-state index contributed by atoms with van der Waals surface area (Å²) in [4.78, 5) is 21.4. The number of aromatic amines is 1. The standard InChI is InChI=1S/C18H24N4O/c1-2-3-6-15-13-17(23)21-18(20-15)19-14-7-9-16(10-8-14)22-11-4-5-12-22/h7-10,13H,2-6,11-12H2,1H3,(H2,19,20,21,23). The number of aromatic nitrogens is 2. The van der Waals surface area contributed by atoms with Crippen molar-refractivity contribution in [1.82, 2.24) is 9.97 Å². The van der Waals surface area contributed by atoms with Gasteiger partial charge in [-0.15, -0.1) is 0 Å².